The van der Waals surface area contributed by atoms with Gasteiger partial charge < -0.3 is 15.0 Å². The maximum atomic E-state index is 5.53. The van der Waals surface area contributed by atoms with Crippen molar-refractivity contribution in [3.8, 4) is 0 Å². The lowest BCUT2D eigenvalue weighted by atomic mass is 9.91. The Labute approximate surface area is 105 Å². The molecule has 0 aliphatic carbocycles. The van der Waals surface area contributed by atoms with Crippen LogP contribution >= 0.6 is 0 Å². The van der Waals surface area contributed by atoms with Gasteiger partial charge in [-0.3, -0.25) is 0 Å². The van der Waals surface area contributed by atoms with Crippen molar-refractivity contribution in [3.05, 3.63) is 0 Å². The monoisotopic (exact) mass is 238 g/mol. The second-order valence-corrected chi connectivity index (χ2v) is 6.13. The summed E-state index contributed by atoms with van der Waals surface area (Å²) in [6, 6.07) is 0. The Hall–Kier alpha value is -0.120. The zero-order valence-corrected chi connectivity index (χ0v) is 10.9. The SMILES string of the molecule is C1CC(CN2CCC(C3CCOC3)C2)CCN1. The van der Waals surface area contributed by atoms with Gasteiger partial charge in [-0.25, -0.2) is 0 Å². The van der Waals surface area contributed by atoms with Gasteiger partial charge in [0, 0.05) is 26.3 Å². The predicted octanol–water partition coefficient (Wildman–Crippen LogP) is 1.34. The van der Waals surface area contributed by atoms with E-state index in [-0.39, 0.29) is 0 Å². The molecule has 3 fully saturated rings. The molecule has 3 aliphatic rings. The fraction of sp³-hybridized carbons (Fsp3) is 1.00. The Kier molecular flexibility index (Phi) is 3.99. The molecule has 0 saturated carbocycles. The van der Waals surface area contributed by atoms with Gasteiger partial charge in [0.15, 0.2) is 0 Å². The molecule has 0 spiro atoms. The number of likely N-dealkylation sites (tertiary alicyclic amines) is 1. The first-order chi connectivity index (χ1) is 8.42. The Morgan fingerprint density at radius 1 is 1.06 bits per heavy atom. The highest BCUT2D eigenvalue weighted by molar-refractivity contribution is 4.84. The highest BCUT2D eigenvalue weighted by Gasteiger charge is 2.32. The van der Waals surface area contributed by atoms with E-state index in [4.69, 9.17) is 4.74 Å². The number of ether oxygens (including phenoxy) is 1. The minimum absolute atomic E-state index is 0.869. The average Bonchev–Trinajstić information content (AvgIpc) is 3.00. The zero-order chi connectivity index (χ0) is 11.5. The average molecular weight is 238 g/mol. The molecule has 1 N–H and O–H groups in total. The summed E-state index contributed by atoms with van der Waals surface area (Å²) >= 11 is 0. The van der Waals surface area contributed by atoms with Crippen molar-refractivity contribution in [1.29, 1.82) is 0 Å². The summed E-state index contributed by atoms with van der Waals surface area (Å²) in [6.45, 7) is 8.55. The number of piperidine rings is 1. The summed E-state index contributed by atoms with van der Waals surface area (Å²) in [5.74, 6) is 2.75. The topological polar surface area (TPSA) is 24.5 Å². The molecule has 0 bridgehead atoms. The molecule has 3 heteroatoms. The fourth-order valence-electron chi connectivity index (χ4n) is 3.77. The molecule has 0 aromatic rings. The lowest BCUT2D eigenvalue weighted by molar-refractivity contribution is 0.169. The number of nitrogens with zero attached hydrogens (tertiary/aromatic N) is 1. The molecule has 0 radical (unpaired) electrons. The fourth-order valence-corrected chi connectivity index (χ4v) is 3.77. The molecule has 3 heterocycles. The summed E-state index contributed by atoms with van der Waals surface area (Å²) < 4.78 is 5.53. The van der Waals surface area contributed by atoms with Crippen molar-refractivity contribution >= 4 is 0 Å². The van der Waals surface area contributed by atoms with Crippen LogP contribution in [0, 0.1) is 17.8 Å². The summed E-state index contributed by atoms with van der Waals surface area (Å²) in [4.78, 5) is 2.72. The molecule has 98 valence electrons. The van der Waals surface area contributed by atoms with Crippen molar-refractivity contribution < 1.29 is 4.74 Å². The second kappa shape index (κ2) is 5.68. The van der Waals surface area contributed by atoms with E-state index in [2.05, 4.69) is 10.2 Å². The molecule has 3 saturated heterocycles. The van der Waals surface area contributed by atoms with E-state index in [1.54, 1.807) is 0 Å². The van der Waals surface area contributed by atoms with Gasteiger partial charge in [0.25, 0.3) is 0 Å². The Morgan fingerprint density at radius 3 is 2.71 bits per heavy atom. The molecule has 2 atom stereocenters. The standard InChI is InChI=1S/C14H26N2O/c1-5-15-6-2-12(1)9-16-7-3-13(10-16)14-4-8-17-11-14/h12-15H,1-11H2. The van der Waals surface area contributed by atoms with Crippen molar-refractivity contribution in [1.82, 2.24) is 10.2 Å². The van der Waals surface area contributed by atoms with Crippen LogP contribution in [0.2, 0.25) is 0 Å². The van der Waals surface area contributed by atoms with Crippen molar-refractivity contribution in [3.63, 3.8) is 0 Å². The van der Waals surface area contributed by atoms with Gasteiger partial charge in [-0.1, -0.05) is 0 Å². The molecule has 3 rings (SSSR count). The minimum Gasteiger partial charge on any atom is -0.381 e. The van der Waals surface area contributed by atoms with Gasteiger partial charge >= 0.3 is 0 Å². The largest absolute Gasteiger partial charge is 0.381 e. The van der Waals surface area contributed by atoms with Crippen LogP contribution in [0.25, 0.3) is 0 Å². The Balaban J connectivity index is 1.43. The van der Waals surface area contributed by atoms with Gasteiger partial charge in [0.05, 0.1) is 0 Å². The first kappa shape index (κ1) is 11.9. The molecule has 0 amide bonds. The van der Waals surface area contributed by atoms with Crippen molar-refractivity contribution in [2.24, 2.45) is 17.8 Å². The first-order valence-electron chi connectivity index (χ1n) is 7.42. The Morgan fingerprint density at radius 2 is 1.94 bits per heavy atom. The van der Waals surface area contributed by atoms with Crippen LogP contribution in [0.1, 0.15) is 25.7 Å². The molecule has 2 unspecified atom stereocenters. The lowest BCUT2D eigenvalue weighted by Crippen LogP contribution is -2.35. The van der Waals surface area contributed by atoms with Crippen LogP contribution in [0.3, 0.4) is 0 Å². The normalized spacial score (nSPS) is 36.7. The van der Waals surface area contributed by atoms with E-state index in [1.165, 1.54) is 58.4 Å². The predicted molar refractivity (Wildman–Crippen MR) is 69.1 cm³/mol. The summed E-state index contributed by atoms with van der Waals surface area (Å²) in [7, 11) is 0. The van der Waals surface area contributed by atoms with Crippen LogP contribution in [-0.4, -0.2) is 50.8 Å². The van der Waals surface area contributed by atoms with Gasteiger partial charge in [0.2, 0.25) is 0 Å². The third kappa shape index (κ3) is 3.01. The first-order valence-corrected chi connectivity index (χ1v) is 7.42. The number of hydrogen-bond acceptors (Lipinski definition) is 3. The third-order valence-electron chi connectivity index (χ3n) is 4.92. The molecule has 17 heavy (non-hydrogen) atoms. The molecule has 3 aliphatic heterocycles. The summed E-state index contributed by atoms with van der Waals surface area (Å²) in [5.41, 5.74) is 0. The highest BCUT2D eigenvalue weighted by atomic mass is 16.5. The number of nitrogens with one attached hydrogen (secondary N) is 1. The van der Waals surface area contributed by atoms with E-state index in [1.807, 2.05) is 0 Å². The number of rotatable bonds is 3. The summed E-state index contributed by atoms with van der Waals surface area (Å²) in [5, 5.41) is 3.46. The number of hydrogen-bond donors (Lipinski definition) is 1. The molecule has 0 aromatic heterocycles. The second-order valence-electron chi connectivity index (χ2n) is 6.13. The third-order valence-corrected chi connectivity index (χ3v) is 4.92. The van der Waals surface area contributed by atoms with Gasteiger partial charge in [0.1, 0.15) is 0 Å². The van der Waals surface area contributed by atoms with Crippen LogP contribution in [-0.2, 0) is 4.74 Å². The minimum atomic E-state index is 0.869. The van der Waals surface area contributed by atoms with E-state index in [0.29, 0.717) is 0 Å². The molecular weight excluding hydrogens is 212 g/mol. The zero-order valence-electron chi connectivity index (χ0n) is 10.9. The van der Waals surface area contributed by atoms with Crippen LogP contribution in [0.15, 0.2) is 0 Å². The van der Waals surface area contributed by atoms with Crippen molar-refractivity contribution in [2.45, 2.75) is 25.7 Å². The van der Waals surface area contributed by atoms with E-state index < -0.39 is 0 Å². The molecule has 3 nitrogen and oxygen atoms in total. The van der Waals surface area contributed by atoms with E-state index >= 15 is 0 Å². The van der Waals surface area contributed by atoms with E-state index in [0.717, 1.165) is 31.0 Å². The van der Waals surface area contributed by atoms with Gasteiger partial charge in [-0.05, 0) is 63.1 Å². The van der Waals surface area contributed by atoms with Gasteiger partial charge in [-0.15, -0.1) is 0 Å². The quantitative estimate of drug-likeness (QED) is 0.803. The smallest absolute Gasteiger partial charge is 0.0498 e. The lowest BCUT2D eigenvalue weighted by Gasteiger charge is -2.27. The van der Waals surface area contributed by atoms with Crippen LogP contribution < -0.4 is 5.32 Å². The van der Waals surface area contributed by atoms with E-state index in [9.17, 15) is 0 Å². The van der Waals surface area contributed by atoms with Crippen molar-refractivity contribution in [2.75, 3.05) is 45.9 Å². The maximum Gasteiger partial charge on any atom is 0.0498 e. The Bertz CT molecular complexity index is 234. The van der Waals surface area contributed by atoms with Gasteiger partial charge in [-0.2, -0.15) is 0 Å². The highest BCUT2D eigenvalue weighted by Crippen LogP contribution is 2.30. The maximum absolute atomic E-state index is 5.53. The van der Waals surface area contributed by atoms with Crippen LogP contribution in [0.4, 0.5) is 0 Å². The van der Waals surface area contributed by atoms with Crippen LogP contribution in [0.5, 0.6) is 0 Å². The molecule has 0 aromatic carbocycles. The summed E-state index contributed by atoms with van der Waals surface area (Å²) in [6.07, 6.45) is 5.49. The molecular formula is C14H26N2O.